The number of rotatable bonds is 2. The molecule has 0 heterocycles. The molecular formula is C10H12F2Se. The van der Waals surface area contributed by atoms with Gasteiger partial charge in [0.25, 0.3) is 0 Å². The van der Waals surface area contributed by atoms with Crippen molar-refractivity contribution in [2.45, 2.75) is 26.1 Å². The zero-order valence-corrected chi connectivity index (χ0v) is 9.61. The predicted molar refractivity (Wildman–Crippen MR) is 52.0 cm³/mol. The Bertz CT molecular complexity index is 285. The molecule has 0 spiro atoms. The molecule has 72 valence electrons. The standard InChI is InChI=1S/C10H12F2Se/c1-6-4-7(2)9(8(3)5-6)13-10(11)12/h4-5,10H,1-3H3. The molecule has 13 heavy (non-hydrogen) atoms. The normalized spacial score (nSPS) is 10.9. The first-order valence-corrected chi connectivity index (χ1v) is 5.88. The predicted octanol–water partition coefficient (Wildman–Crippen LogP) is 2.16. The van der Waals surface area contributed by atoms with Crippen LogP contribution < -0.4 is 4.46 Å². The van der Waals surface area contributed by atoms with Crippen molar-refractivity contribution >= 4 is 19.4 Å². The Hall–Kier alpha value is -0.401. The Balaban J connectivity index is 3.06. The fraction of sp³-hybridized carbons (Fsp3) is 0.400. The minimum atomic E-state index is -2.19. The Kier molecular flexibility index (Phi) is 3.46. The topological polar surface area (TPSA) is 0 Å². The summed E-state index contributed by atoms with van der Waals surface area (Å²) in [6.07, 6.45) is 0. The van der Waals surface area contributed by atoms with E-state index in [-0.39, 0.29) is 0 Å². The van der Waals surface area contributed by atoms with Gasteiger partial charge in [0, 0.05) is 0 Å². The van der Waals surface area contributed by atoms with Crippen molar-refractivity contribution in [2.24, 2.45) is 0 Å². The molecule has 1 rings (SSSR count). The van der Waals surface area contributed by atoms with Gasteiger partial charge in [-0.2, -0.15) is 0 Å². The zero-order chi connectivity index (χ0) is 10.0. The van der Waals surface area contributed by atoms with Gasteiger partial charge in [-0.3, -0.25) is 0 Å². The van der Waals surface area contributed by atoms with Gasteiger partial charge in [-0.1, -0.05) is 0 Å². The van der Waals surface area contributed by atoms with Crippen LogP contribution in [0.1, 0.15) is 16.7 Å². The van der Waals surface area contributed by atoms with Crippen LogP contribution in [0, 0.1) is 20.8 Å². The summed E-state index contributed by atoms with van der Waals surface area (Å²) in [6.45, 7) is 5.79. The van der Waals surface area contributed by atoms with E-state index in [1.54, 1.807) is 0 Å². The van der Waals surface area contributed by atoms with Gasteiger partial charge in [0.05, 0.1) is 0 Å². The average Bonchev–Trinajstić information content (AvgIpc) is 1.96. The molecule has 0 saturated heterocycles. The van der Waals surface area contributed by atoms with Crippen LogP contribution in [0.15, 0.2) is 12.1 Å². The fourth-order valence-electron chi connectivity index (χ4n) is 1.44. The SMILES string of the molecule is Cc1cc(C)c([Se]C(F)F)c(C)c1. The van der Waals surface area contributed by atoms with Crippen molar-refractivity contribution in [3.63, 3.8) is 0 Å². The second-order valence-electron chi connectivity index (χ2n) is 3.11. The van der Waals surface area contributed by atoms with E-state index in [0.29, 0.717) is 0 Å². The molecule has 0 aliphatic carbocycles. The van der Waals surface area contributed by atoms with Crippen molar-refractivity contribution in [3.8, 4) is 0 Å². The number of halogens is 2. The third-order valence-corrected chi connectivity index (χ3v) is 4.03. The third-order valence-electron chi connectivity index (χ3n) is 1.81. The van der Waals surface area contributed by atoms with Crippen LogP contribution in [-0.2, 0) is 0 Å². The molecule has 0 fully saturated rings. The van der Waals surface area contributed by atoms with Crippen LogP contribution in [0.4, 0.5) is 8.78 Å². The maximum atomic E-state index is 12.2. The van der Waals surface area contributed by atoms with Gasteiger partial charge in [0.1, 0.15) is 0 Å². The van der Waals surface area contributed by atoms with E-state index in [9.17, 15) is 8.78 Å². The van der Waals surface area contributed by atoms with Gasteiger partial charge >= 0.3 is 83.1 Å². The summed E-state index contributed by atoms with van der Waals surface area (Å²) >= 11 is -0.693. The van der Waals surface area contributed by atoms with Gasteiger partial charge in [0.2, 0.25) is 0 Å². The molecule has 1 aromatic carbocycles. The Morgan fingerprint density at radius 1 is 1.08 bits per heavy atom. The summed E-state index contributed by atoms with van der Waals surface area (Å²) in [4.78, 5) is 0. The van der Waals surface area contributed by atoms with Gasteiger partial charge < -0.3 is 0 Å². The summed E-state index contributed by atoms with van der Waals surface area (Å²) in [5.74, 6) is 0. The van der Waals surface area contributed by atoms with Crippen LogP contribution >= 0.6 is 0 Å². The molecule has 0 nitrogen and oxygen atoms in total. The second kappa shape index (κ2) is 4.21. The van der Waals surface area contributed by atoms with E-state index in [1.165, 1.54) is 0 Å². The van der Waals surface area contributed by atoms with E-state index in [1.807, 2.05) is 32.9 Å². The molecule has 0 N–H and O–H groups in total. The molecule has 1 aromatic rings. The van der Waals surface area contributed by atoms with E-state index < -0.39 is 20.3 Å². The van der Waals surface area contributed by atoms with Crippen LogP contribution in [0.2, 0.25) is 0 Å². The molecule has 0 aromatic heterocycles. The Morgan fingerprint density at radius 3 is 1.92 bits per heavy atom. The van der Waals surface area contributed by atoms with E-state index in [2.05, 4.69) is 0 Å². The average molecular weight is 249 g/mol. The zero-order valence-electron chi connectivity index (χ0n) is 7.90. The monoisotopic (exact) mass is 250 g/mol. The molecule has 3 heteroatoms. The van der Waals surface area contributed by atoms with Crippen molar-refractivity contribution in [1.82, 2.24) is 0 Å². The first-order chi connectivity index (χ1) is 6.00. The maximum absolute atomic E-state index is 12.2. The Morgan fingerprint density at radius 2 is 1.54 bits per heavy atom. The number of aryl methyl sites for hydroxylation is 3. The number of hydrogen-bond donors (Lipinski definition) is 0. The molecule has 0 aliphatic rings. The molecule has 0 amide bonds. The van der Waals surface area contributed by atoms with Gasteiger partial charge in [-0.05, 0) is 0 Å². The summed E-state index contributed by atoms with van der Waals surface area (Å²) < 4.78 is 25.3. The molecule has 0 aliphatic heterocycles. The molecule has 0 bridgehead atoms. The first kappa shape index (κ1) is 10.7. The number of hydrogen-bond acceptors (Lipinski definition) is 0. The minimum absolute atomic E-state index is 0.693. The van der Waals surface area contributed by atoms with Crippen LogP contribution in [0.5, 0.6) is 0 Å². The van der Waals surface area contributed by atoms with E-state index in [4.69, 9.17) is 0 Å². The van der Waals surface area contributed by atoms with Gasteiger partial charge in [0.15, 0.2) is 0 Å². The third kappa shape index (κ3) is 2.78. The van der Waals surface area contributed by atoms with Crippen molar-refractivity contribution in [2.75, 3.05) is 0 Å². The quantitative estimate of drug-likeness (QED) is 0.705. The van der Waals surface area contributed by atoms with E-state index >= 15 is 0 Å². The van der Waals surface area contributed by atoms with Crippen molar-refractivity contribution in [1.29, 1.82) is 0 Å². The van der Waals surface area contributed by atoms with Crippen LogP contribution in [0.25, 0.3) is 0 Å². The summed E-state index contributed by atoms with van der Waals surface area (Å²) in [5.41, 5.74) is 3.14. The van der Waals surface area contributed by atoms with Gasteiger partial charge in [-0.15, -0.1) is 0 Å². The van der Waals surface area contributed by atoms with Crippen molar-refractivity contribution in [3.05, 3.63) is 28.8 Å². The molecule has 0 saturated carbocycles. The molecule has 0 atom stereocenters. The van der Waals surface area contributed by atoms with Crippen molar-refractivity contribution < 1.29 is 8.78 Å². The van der Waals surface area contributed by atoms with Crippen LogP contribution in [-0.4, -0.2) is 20.3 Å². The summed E-state index contributed by atoms with van der Waals surface area (Å²) in [5, 5.41) is -2.19. The Labute approximate surface area is 83.5 Å². The number of alkyl halides is 2. The summed E-state index contributed by atoms with van der Waals surface area (Å²) in [6, 6.07) is 3.93. The fourth-order valence-corrected chi connectivity index (χ4v) is 2.84. The number of benzene rings is 1. The molecule has 0 radical (unpaired) electrons. The molecule has 0 unspecified atom stereocenters. The van der Waals surface area contributed by atoms with E-state index in [0.717, 1.165) is 21.2 Å². The van der Waals surface area contributed by atoms with Crippen LogP contribution in [0.3, 0.4) is 0 Å². The summed E-state index contributed by atoms with van der Waals surface area (Å²) in [7, 11) is 0. The van der Waals surface area contributed by atoms with Gasteiger partial charge in [-0.25, -0.2) is 0 Å². The second-order valence-corrected chi connectivity index (χ2v) is 5.21. The first-order valence-electron chi connectivity index (χ1n) is 4.03. The molecular weight excluding hydrogens is 237 g/mol.